The monoisotopic (exact) mass is 263 g/mol. The second-order valence-corrected chi connectivity index (χ2v) is 5.65. The van der Waals surface area contributed by atoms with Crippen LogP contribution >= 0.6 is 11.6 Å². The second kappa shape index (κ2) is 6.99. The highest BCUT2D eigenvalue weighted by atomic mass is 35.5. The standard InChI is InChI=1S/C11H15ClFNOS/c1-2-16(15)6-5-14-8-9-7-10(12)3-4-11(9)13/h3-4,7,14H,2,5-6,8H2,1H3. The molecule has 0 aliphatic carbocycles. The molecule has 0 saturated heterocycles. The maximum atomic E-state index is 13.3. The Kier molecular flexibility index (Phi) is 5.95. The van der Waals surface area contributed by atoms with Gasteiger partial charge in [0.2, 0.25) is 0 Å². The number of benzene rings is 1. The molecule has 16 heavy (non-hydrogen) atoms. The van der Waals surface area contributed by atoms with Crippen LogP contribution in [-0.4, -0.2) is 22.3 Å². The lowest BCUT2D eigenvalue weighted by Crippen LogP contribution is -2.21. The summed E-state index contributed by atoms with van der Waals surface area (Å²) in [6.45, 7) is 2.91. The van der Waals surface area contributed by atoms with Crippen molar-refractivity contribution in [3.05, 3.63) is 34.6 Å². The molecule has 1 atom stereocenters. The Labute approximate surface area is 103 Å². The maximum Gasteiger partial charge on any atom is 0.127 e. The topological polar surface area (TPSA) is 29.1 Å². The van der Waals surface area contributed by atoms with Crippen LogP contribution in [0.2, 0.25) is 5.02 Å². The predicted molar refractivity (Wildman–Crippen MR) is 66.7 cm³/mol. The van der Waals surface area contributed by atoms with Crippen LogP contribution in [0.1, 0.15) is 12.5 Å². The molecule has 0 bridgehead atoms. The number of hydrogen-bond donors (Lipinski definition) is 1. The Morgan fingerprint density at radius 3 is 2.94 bits per heavy atom. The molecular weight excluding hydrogens is 249 g/mol. The fourth-order valence-electron chi connectivity index (χ4n) is 1.23. The molecular formula is C11H15ClFNOS. The van der Waals surface area contributed by atoms with Gasteiger partial charge < -0.3 is 5.32 Å². The molecule has 1 unspecified atom stereocenters. The smallest absolute Gasteiger partial charge is 0.127 e. The first-order valence-electron chi connectivity index (χ1n) is 5.13. The average Bonchev–Trinajstić information content (AvgIpc) is 2.28. The van der Waals surface area contributed by atoms with E-state index < -0.39 is 10.8 Å². The summed E-state index contributed by atoms with van der Waals surface area (Å²) in [5, 5.41) is 3.57. The zero-order valence-corrected chi connectivity index (χ0v) is 10.7. The molecule has 90 valence electrons. The van der Waals surface area contributed by atoms with E-state index in [1.807, 2.05) is 6.92 Å². The molecule has 1 rings (SSSR count). The van der Waals surface area contributed by atoms with Gasteiger partial charge >= 0.3 is 0 Å². The maximum absolute atomic E-state index is 13.3. The minimum absolute atomic E-state index is 0.270. The van der Waals surface area contributed by atoms with Crippen LogP contribution < -0.4 is 5.32 Å². The largest absolute Gasteiger partial charge is 0.312 e. The third-order valence-electron chi connectivity index (χ3n) is 2.15. The first-order chi connectivity index (χ1) is 7.63. The summed E-state index contributed by atoms with van der Waals surface area (Å²) in [4.78, 5) is 0. The van der Waals surface area contributed by atoms with Crippen LogP contribution in [-0.2, 0) is 17.3 Å². The van der Waals surface area contributed by atoms with Gasteiger partial charge in [0.1, 0.15) is 5.82 Å². The van der Waals surface area contributed by atoms with E-state index in [1.54, 1.807) is 6.07 Å². The highest BCUT2D eigenvalue weighted by Gasteiger charge is 2.02. The fourth-order valence-corrected chi connectivity index (χ4v) is 2.09. The molecule has 0 aliphatic heterocycles. The molecule has 0 fully saturated rings. The van der Waals surface area contributed by atoms with Crippen molar-refractivity contribution in [2.45, 2.75) is 13.5 Å². The van der Waals surface area contributed by atoms with Gasteiger partial charge in [-0.15, -0.1) is 0 Å². The van der Waals surface area contributed by atoms with Gasteiger partial charge in [0.25, 0.3) is 0 Å². The Balaban J connectivity index is 2.37. The van der Waals surface area contributed by atoms with E-state index in [9.17, 15) is 8.60 Å². The van der Waals surface area contributed by atoms with Crippen LogP contribution in [0, 0.1) is 5.82 Å². The molecule has 0 aromatic heterocycles. The van der Waals surface area contributed by atoms with E-state index in [2.05, 4.69) is 5.32 Å². The summed E-state index contributed by atoms with van der Waals surface area (Å²) in [6, 6.07) is 4.47. The van der Waals surface area contributed by atoms with E-state index in [4.69, 9.17) is 11.6 Å². The van der Waals surface area contributed by atoms with Crippen molar-refractivity contribution in [2.75, 3.05) is 18.1 Å². The van der Waals surface area contributed by atoms with Gasteiger partial charge in [0.15, 0.2) is 0 Å². The number of halogens is 2. The van der Waals surface area contributed by atoms with Crippen molar-refractivity contribution in [1.82, 2.24) is 5.32 Å². The van der Waals surface area contributed by atoms with Gasteiger partial charge in [-0.25, -0.2) is 4.39 Å². The highest BCUT2D eigenvalue weighted by Crippen LogP contribution is 2.14. The highest BCUT2D eigenvalue weighted by molar-refractivity contribution is 7.84. The minimum atomic E-state index is -0.777. The Bertz CT molecular complexity index is 373. The Morgan fingerprint density at radius 2 is 2.25 bits per heavy atom. The molecule has 2 nitrogen and oxygen atoms in total. The lowest BCUT2D eigenvalue weighted by atomic mass is 10.2. The summed E-state index contributed by atoms with van der Waals surface area (Å²) in [6.07, 6.45) is 0. The summed E-state index contributed by atoms with van der Waals surface area (Å²) in [7, 11) is -0.777. The number of rotatable bonds is 6. The average molecular weight is 264 g/mol. The summed E-state index contributed by atoms with van der Waals surface area (Å²) in [5.74, 6) is 0.986. The Morgan fingerprint density at radius 1 is 1.50 bits per heavy atom. The van der Waals surface area contributed by atoms with Crippen LogP contribution in [0.5, 0.6) is 0 Å². The zero-order valence-electron chi connectivity index (χ0n) is 9.13. The molecule has 0 radical (unpaired) electrons. The van der Waals surface area contributed by atoms with E-state index in [0.717, 1.165) is 0 Å². The number of nitrogens with one attached hydrogen (secondary N) is 1. The van der Waals surface area contributed by atoms with Crippen molar-refractivity contribution >= 4 is 22.4 Å². The van der Waals surface area contributed by atoms with Crippen LogP contribution in [0.4, 0.5) is 4.39 Å². The zero-order chi connectivity index (χ0) is 12.0. The fraction of sp³-hybridized carbons (Fsp3) is 0.455. The first kappa shape index (κ1) is 13.6. The van der Waals surface area contributed by atoms with Crippen molar-refractivity contribution < 1.29 is 8.60 Å². The summed E-state index contributed by atoms with van der Waals surface area (Å²) >= 11 is 5.76. The van der Waals surface area contributed by atoms with Crippen LogP contribution in [0.3, 0.4) is 0 Å². The molecule has 1 aromatic rings. The second-order valence-electron chi connectivity index (χ2n) is 3.35. The molecule has 0 heterocycles. The lowest BCUT2D eigenvalue weighted by molar-refractivity contribution is 0.593. The molecule has 0 amide bonds. The van der Waals surface area contributed by atoms with Crippen molar-refractivity contribution in [2.24, 2.45) is 0 Å². The lowest BCUT2D eigenvalue weighted by Gasteiger charge is -2.06. The van der Waals surface area contributed by atoms with E-state index in [1.165, 1.54) is 12.1 Å². The van der Waals surface area contributed by atoms with Crippen molar-refractivity contribution in [1.29, 1.82) is 0 Å². The van der Waals surface area contributed by atoms with Gasteiger partial charge in [-0.2, -0.15) is 0 Å². The van der Waals surface area contributed by atoms with Gasteiger partial charge in [-0.05, 0) is 18.2 Å². The van der Waals surface area contributed by atoms with E-state index >= 15 is 0 Å². The quantitative estimate of drug-likeness (QED) is 0.799. The normalized spacial score (nSPS) is 12.7. The van der Waals surface area contributed by atoms with Gasteiger partial charge in [0.05, 0.1) is 0 Å². The molecule has 0 aliphatic rings. The van der Waals surface area contributed by atoms with Crippen molar-refractivity contribution in [3.8, 4) is 0 Å². The first-order valence-corrected chi connectivity index (χ1v) is 6.99. The van der Waals surface area contributed by atoms with E-state index in [-0.39, 0.29) is 5.82 Å². The number of hydrogen-bond acceptors (Lipinski definition) is 2. The third-order valence-corrected chi connectivity index (χ3v) is 3.69. The van der Waals surface area contributed by atoms with Gasteiger partial charge in [-0.3, -0.25) is 4.21 Å². The molecule has 1 N–H and O–H groups in total. The van der Waals surface area contributed by atoms with Crippen LogP contribution in [0.15, 0.2) is 18.2 Å². The van der Waals surface area contributed by atoms with Gasteiger partial charge in [0, 0.05) is 46.0 Å². The van der Waals surface area contributed by atoms with Gasteiger partial charge in [-0.1, -0.05) is 18.5 Å². The molecule has 5 heteroatoms. The molecule has 0 saturated carbocycles. The third kappa shape index (κ3) is 4.60. The predicted octanol–water partition coefficient (Wildman–Crippen LogP) is 2.34. The summed E-state index contributed by atoms with van der Waals surface area (Å²) < 4.78 is 24.4. The minimum Gasteiger partial charge on any atom is -0.312 e. The van der Waals surface area contributed by atoms with Crippen LogP contribution in [0.25, 0.3) is 0 Å². The van der Waals surface area contributed by atoms with E-state index in [0.29, 0.717) is 35.2 Å². The molecule has 1 aromatic carbocycles. The molecule has 0 spiro atoms. The van der Waals surface area contributed by atoms with Crippen molar-refractivity contribution in [3.63, 3.8) is 0 Å². The summed E-state index contributed by atoms with van der Waals surface area (Å²) in [5.41, 5.74) is 0.537. The Hall–Kier alpha value is -0.450. The SMILES string of the molecule is CCS(=O)CCNCc1cc(Cl)ccc1F.